The number of hydrogen-bond donors (Lipinski definition) is 1. The van der Waals surface area contributed by atoms with Crippen molar-refractivity contribution in [1.29, 1.82) is 0 Å². The van der Waals surface area contributed by atoms with Crippen LogP contribution in [-0.4, -0.2) is 30.6 Å². The van der Waals surface area contributed by atoms with Crippen molar-refractivity contribution in [3.05, 3.63) is 60.2 Å². The van der Waals surface area contributed by atoms with Gasteiger partial charge in [-0.25, -0.2) is 0 Å². The Labute approximate surface area is 122 Å². The van der Waals surface area contributed by atoms with E-state index in [1.807, 2.05) is 0 Å². The van der Waals surface area contributed by atoms with E-state index in [4.69, 9.17) is 9.84 Å². The van der Waals surface area contributed by atoms with E-state index in [9.17, 15) is 9.59 Å². The molecule has 0 aliphatic rings. The number of carbonyl (C=O) groups excluding carboxylic acids is 1. The van der Waals surface area contributed by atoms with Gasteiger partial charge in [0, 0.05) is 11.3 Å². The van der Waals surface area contributed by atoms with E-state index in [2.05, 4.69) is 0 Å². The van der Waals surface area contributed by atoms with Crippen LogP contribution in [0.3, 0.4) is 0 Å². The van der Waals surface area contributed by atoms with Crippen molar-refractivity contribution < 1.29 is 19.4 Å². The Morgan fingerprint density at radius 1 is 1.05 bits per heavy atom. The number of carboxylic acids is 1. The molecule has 5 nitrogen and oxygen atoms in total. The van der Waals surface area contributed by atoms with Gasteiger partial charge in [0.1, 0.15) is 12.3 Å². The molecule has 1 N–H and O–H groups in total. The summed E-state index contributed by atoms with van der Waals surface area (Å²) in [6.45, 7) is -0.394. The van der Waals surface area contributed by atoms with Crippen LogP contribution in [0, 0.1) is 0 Å². The second-order valence-corrected chi connectivity index (χ2v) is 4.35. The smallest absolute Gasteiger partial charge is 0.323 e. The minimum absolute atomic E-state index is 0.369. The maximum atomic E-state index is 12.5. The monoisotopic (exact) mass is 285 g/mol. The van der Waals surface area contributed by atoms with Gasteiger partial charge in [0.15, 0.2) is 0 Å². The zero-order chi connectivity index (χ0) is 15.2. The zero-order valence-electron chi connectivity index (χ0n) is 11.5. The van der Waals surface area contributed by atoms with Crippen molar-refractivity contribution in [2.24, 2.45) is 0 Å². The molecule has 0 spiro atoms. The number of hydrogen-bond acceptors (Lipinski definition) is 3. The first kappa shape index (κ1) is 14.6. The van der Waals surface area contributed by atoms with Gasteiger partial charge in [-0.05, 0) is 36.4 Å². The van der Waals surface area contributed by atoms with Gasteiger partial charge >= 0.3 is 5.97 Å². The first-order chi connectivity index (χ1) is 10.1. The Balaban J connectivity index is 2.31. The Hall–Kier alpha value is -2.82. The highest BCUT2D eigenvalue weighted by molar-refractivity contribution is 6.08. The summed E-state index contributed by atoms with van der Waals surface area (Å²) < 4.78 is 5.04. The summed E-state index contributed by atoms with van der Waals surface area (Å²) >= 11 is 0. The van der Waals surface area contributed by atoms with Gasteiger partial charge in [0.25, 0.3) is 5.91 Å². The number of nitrogens with zero attached hydrogens (tertiary/aromatic N) is 1. The van der Waals surface area contributed by atoms with Crippen molar-refractivity contribution in [2.75, 3.05) is 18.6 Å². The topological polar surface area (TPSA) is 66.8 Å². The van der Waals surface area contributed by atoms with Gasteiger partial charge in [-0.1, -0.05) is 18.2 Å². The fourth-order valence-electron chi connectivity index (χ4n) is 1.91. The van der Waals surface area contributed by atoms with E-state index in [-0.39, 0.29) is 5.91 Å². The molecule has 0 unspecified atom stereocenters. The van der Waals surface area contributed by atoms with E-state index < -0.39 is 12.5 Å². The Kier molecular flexibility index (Phi) is 4.56. The Bertz CT molecular complexity index is 622. The molecule has 108 valence electrons. The van der Waals surface area contributed by atoms with E-state index in [0.29, 0.717) is 17.0 Å². The summed E-state index contributed by atoms with van der Waals surface area (Å²) in [5.74, 6) is -0.803. The molecule has 0 aliphatic carbocycles. The van der Waals surface area contributed by atoms with E-state index >= 15 is 0 Å². The molecule has 0 saturated heterocycles. The van der Waals surface area contributed by atoms with Crippen molar-refractivity contribution in [3.8, 4) is 5.75 Å². The van der Waals surface area contributed by atoms with Gasteiger partial charge in [-0.2, -0.15) is 0 Å². The lowest BCUT2D eigenvalue weighted by Gasteiger charge is -2.21. The molecule has 0 aromatic heterocycles. The lowest BCUT2D eigenvalue weighted by Crippen LogP contribution is -2.35. The van der Waals surface area contributed by atoms with E-state index in [0.717, 1.165) is 0 Å². The zero-order valence-corrected chi connectivity index (χ0v) is 11.5. The number of amides is 1. The average molecular weight is 285 g/mol. The molecule has 0 fully saturated rings. The molecule has 0 radical (unpaired) electrons. The SMILES string of the molecule is COc1ccc(C(=O)N(CC(=O)O)c2ccccc2)cc1. The van der Waals surface area contributed by atoms with E-state index in [1.54, 1.807) is 54.6 Å². The summed E-state index contributed by atoms with van der Waals surface area (Å²) in [4.78, 5) is 24.7. The lowest BCUT2D eigenvalue weighted by molar-refractivity contribution is -0.135. The largest absolute Gasteiger partial charge is 0.497 e. The van der Waals surface area contributed by atoms with Crippen LogP contribution in [0.2, 0.25) is 0 Å². The first-order valence-electron chi connectivity index (χ1n) is 6.34. The predicted molar refractivity (Wildman–Crippen MR) is 78.7 cm³/mol. The molecule has 0 saturated carbocycles. The van der Waals surface area contributed by atoms with Gasteiger partial charge in [0.05, 0.1) is 7.11 Å². The van der Waals surface area contributed by atoms with E-state index in [1.165, 1.54) is 12.0 Å². The van der Waals surface area contributed by atoms with Crippen LogP contribution in [-0.2, 0) is 4.79 Å². The maximum Gasteiger partial charge on any atom is 0.323 e. The molecule has 0 aliphatic heterocycles. The Morgan fingerprint density at radius 2 is 1.67 bits per heavy atom. The van der Waals surface area contributed by atoms with Crippen molar-refractivity contribution in [3.63, 3.8) is 0 Å². The summed E-state index contributed by atoms with van der Waals surface area (Å²) in [6.07, 6.45) is 0. The lowest BCUT2D eigenvalue weighted by atomic mass is 10.1. The molecular formula is C16H15NO4. The summed E-state index contributed by atoms with van der Waals surface area (Å²) in [7, 11) is 1.54. The van der Waals surface area contributed by atoms with Gasteiger partial charge < -0.3 is 9.84 Å². The fourth-order valence-corrected chi connectivity index (χ4v) is 1.91. The molecule has 2 aromatic carbocycles. The van der Waals surface area contributed by atoms with Crippen molar-refractivity contribution >= 4 is 17.6 Å². The summed E-state index contributed by atoms with van der Waals surface area (Å²) in [6, 6.07) is 15.3. The number of aliphatic carboxylic acids is 1. The van der Waals surface area contributed by atoms with Crippen LogP contribution in [0.15, 0.2) is 54.6 Å². The van der Waals surface area contributed by atoms with Crippen LogP contribution < -0.4 is 9.64 Å². The van der Waals surface area contributed by atoms with Gasteiger partial charge in [-0.3, -0.25) is 14.5 Å². The molecule has 2 aromatic rings. The number of rotatable bonds is 5. The maximum absolute atomic E-state index is 12.5. The third kappa shape index (κ3) is 3.60. The van der Waals surface area contributed by atoms with Crippen LogP contribution >= 0.6 is 0 Å². The second-order valence-electron chi connectivity index (χ2n) is 4.35. The Morgan fingerprint density at radius 3 is 2.19 bits per heavy atom. The molecule has 0 heterocycles. The van der Waals surface area contributed by atoms with Crippen LogP contribution in [0.4, 0.5) is 5.69 Å². The van der Waals surface area contributed by atoms with Gasteiger partial charge in [-0.15, -0.1) is 0 Å². The molecule has 0 atom stereocenters. The number of ether oxygens (including phenoxy) is 1. The van der Waals surface area contributed by atoms with Crippen LogP contribution in [0.5, 0.6) is 5.75 Å². The quantitative estimate of drug-likeness (QED) is 0.916. The minimum atomic E-state index is -1.07. The third-order valence-electron chi connectivity index (χ3n) is 2.94. The number of methoxy groups -OCH3 is 1. The molecule has 2 rings (SSSR count). The first-order valence-corrected chi connectivity index (χ1v) is 6.34. The summed E-state index contributed by atoms with van der Waals surface area (Å²) in [5.41, 5.74) is 0.946. The van der Waals surface area contributed by atoms with Gasteiger partial charge in [0.2, 0.25) is 0 Å². The number of benzene rings is 2. The fraction of sp³-hybridized carbons (Fsp3) is 0.125. The predicted octanol–water partition coefficient (Wildman–Crippen LogP) is 2.43. The highest BCUT2D eigenvalue weighted by atomic mass is 16.5. The van der Waals surface area contributed by atoms with Crippen LogP contribution in [0.25, 0.3) is 0 Å². The molecular weight excluding hydrogens is 270 g/mol. The summed E-state index contributed by atoms with van der Waals surface area (Å²) in [5, 5.41) is 9.01. The normalized spacial score (nSPS) is 9.95. The number of carbonyl (C=O) groups is 2. The minimum Gasteiger partial charge on any atom is -0.497 e. The number of anilines is 1. The number of para-hydroxylation sites is 1. The second kappa shape index (κ2) is 6.56. The highest BCUT2D eigenvalue weighted by Gasteiger charge is 2.20. The molecule has 21 heavy (non-hydrogen) atoms. The molecule has 0 bridgehead atoms. The number of carboxylic acid groups (broad SMARTS) is 1. The van der Waals surface area contributed by atoms with Crippen molar-refractivity contribution in [1.82, 2.24) is 0 Å². The molecule has 1 amide bonds. The standard InChI is InChI=1S/C16H15NO4/c1-21-14-9-7-12(8-10-14)16(20)17(11-15(18)19)13-5-3-2-4-6-13/h2-10H,11H2,1H3,(H,18,19). The average Bonchev–Trinajstić information content (AvgIpc) is 2.53. The van der Waals surface area contributed by atoms with Crippen molar-refractivity contribution in [2.45, 2.75) is 0 Å². The third-order valence-corrected chi connectivity index (χ3v) is 2.94. The van der Waals surface area contributed by atoms with Crippen LogP contribution in [0.1, 0.15) is 10.4 Å². The highest BCUT2D eigenvalue weighted by Crippen LogP contribution is 2.18. The molecule has 5 heteroatoms.